The number of likely N-dealkylation sites (tertiary alicyclic amines) is 1. The minimum Gasteiger partial charge on any atom is -0.497 e. The summed E-state index contributed by atoms with van der Waals surface area (Å²) in [6.07, 6.45) is 1.39. The Hall–Kier alpha value is -4.09. The van der Waals surface area contributed by atoms with E-state index in [1.54, 1.807) is 24.3 Å². The van der Waals surface area contributed by atoms with Crippen molar-refractivity contribution in [1.82, 2.24) is 25.2 Å². The van der Waals surface area contributed by atoms with E-state index in [2.05, 4.69) is 15.6 Å². The number of hydrogen-bond donors (Lipinski definition) is 3. The molecule has 0 spiro atoms. The first-order valence-electron chi connectivity index (χ1n) is 15.8. The van der Waals surface area contributed by atoms with E-state index in [1.165, 1.54) is 41.0 Å². The molecule has 1 aliphatic carbocycles. The molecule has 1 saturated carbocycles. The number of carbonyl (C=O) groups is 4. The lowest BCUT2D eigenvalue weighted by atomic mass is 9.93. The zero-order chi connectivity index (χ0) is 35.1. The van der Waals surface area contributed by atoms with Crippen LogP contribution in [0.3, 0.4) is 0 Å². The molecule has 3 aliphatic rings. The number of benzene rings is 2. The first kappa shape index (κ1) is 34.8. The van der Waals surface area contributed by atoms with Crippen molar-refractivity contribution in [3.05, 3.63) is 59.1 Å². The maximum atomic E-state index is 14.1. The minimum absolute atomic E-state index is 0.0213. The number of thiazole rings is 1. The molecule has 2 bridgehead atoms. The van der Waals surface area contributed by atoms with E-state index in [-0.39, 0.29) is 23.3 Å². The van der Waals surface area contributed by atoms with Crippen LogP contribution in [0.25, 0.3) is 10.2 Å². The molecule has 49 heavy (non-hydrogen) atoms. The van der Waals surface area contributed by atoms with Gasteiger partial charge in [-0.1, -0.05) is 24.3 Å². The van der Waals surface area contributed by atoms with Crippen molar-refractivity contribution in [2.24, 2.45) is 11.8 Å². The van der Waals surface area contributed by atoms with E-state index in [0.29, 0.717) is 49.1 Å². The summed E-state index contributed by atoms with van der Waals surface area (Å²) in [4.78, 5) is 60.2. The van der Waals surface area contributed by atoms with Crippen LogP contribution >= 0.6 is 11.3 Å². The van der Waals surface area contributed by atoms with Crippen LogP contribution in [-0.2, 0) is 30.8 Å². The molecule has 0 radical (unpaired) electrons. The molecule has 3 N–H and O–H groups in total. The van der Waals surface area contributed by atoms with Crippen LogP contribution in [0.4, 0.5) is 13.2 Å². The Labute approximate surface area is 283 Å². The van der Waals surface area contributed by atoms with Crippen LogP contribution in [0.2, 0.25) is 0 Å². The number of aromatic nitrogens is 1. The third-order valence-electron chi connectivity index (χ3n) is 9.43. The van der Waals surface area contributed by atoms with Gasteiger partial charge in [-0.2, -0.15) is 17.9 Å². The van der Waals surface area contributed by atoms with Gasteiger partial charge in [-0.05, 0) is 74.3 Å². The van der Waals surface area contributed by atoms with E-state index in [4.69, 9.17) is 4.74 Å². The topological polar surface area (TPSA) is 164 Å². The molecule has 0 unspecified atom stereocenters. The number of rotatable bonds is 12. The average Bonchev–Trinajstić information content (AvgIpc) is 3.87. The number of ether oxygens (including phenoxy) is 1. The second-order valence-electron chi connectivity index (χ2n) is 12.5. The molecule has 17 heteroatoms. The SMILES string of the molecule is COc1ccc(C[C@H](NS(=O)(=O)C(F)(F)F)C(=O)N2[C@@H]3CC[C@@H](C3)[C@H]2C(=O)N[C@@H](C[C@@H]2CCNC2=O)C(=O)c2nc3ccccc3s2)cc1. The molecule has 6 rings (SSSR count). The third-order valence-corrected chi connectivity index (χ3v) is 11.7. The number of halogens is 3. The van der Waals surface area contributed by atoms with Gasteiger partial charge in [0.15, 0.2) is 5.01 Å². The molecule has 2 saturated heterocycles. The smallest absolute Gasteiger partial charge is 0.497 e. The second-order valence-corrected chi connectivity index (χ2v) is 15.2. The zero-order valence-electron chi connectivity index (χ0n) is 26.2. The van der Waals surface area contributed by atoms with Gasteiger partial charge in [0.25, 0.3) is 0 Å². The fraction of sp³-hybridized carbons (Fsp3) is 0.469. The Morgan fingerprint density at radius 3 is 2.47 bits per heavy atom. The Morgan fingerprint density at radius 1 is 1.08 bits per heavy atom. The highest BCUT2D eigenvalue weighted by Gasteiger charge is 2.54. The Balaban J connectivity index is 1.28. The Kier molecular flexibility index (Phi) is 9.70. The van der Waals surface area contributed by atoms with Crippen molar-refractivity contribution >= 4 is 55.1 Å². The number of carbonyl (C=O) groups excluding carboxylic acids is 4. The lowest BCUT2D eigenvalue weighted by Crippen LogP contribution is -2.60. The van der Waals surface area contributed by atoms with Gasteiger partial charge in [0.1, 0.15) is 17.8 Å². The lowest BCUT2D eigenvalue weighted by molar-refractivity contribution is -0.144. The molecule has 1 aromatic heterocycles. The summed E-state index contributed by atoms with van der Waals surface area (Å²) in [6.45, 7) is 0.414. The van der Waals surface area contributed by atoms with Crippen LogP contribution in [0.15, 0.2) is 48.5 Å². The van der Waals surface area contributed by atoms with Gasteiger partial charge in [-0.25, -0.2) is 13.4 Å². The molecule has 3 heterocycles. The summed E-state index contributed by atoms with van der Waals surface area (Å²) in [6, 6.07) is 8.39. The normalized spacial score (nSPS) is 23.3. The number of fused-ring (bicyclic) bond motifs is 3. The molecule has 6 atom stereocenters. The van der Waals surface area contributed by atoms with Crippen molar-refractivity contribution in [2.75, 3.05) is 13.7 Å². The van der Waals surface area contributed by atoms with Gasteiger partial charge in [0.2, 0.25) is 23.5 Å². The molecular weight excluding hydrogens is 688 g/mol. The maximum absolute atomic E-state index is 14.1. The monoisotopic (exact) mass is 721 g/mol. The number of para-hydroxylation sites is 1. The van der Waals surface area contributed by atoms with Gasteiger partial charge in [-0.3, -0.25) is 19.2 Å². The summed E-state index contributed by atoms with van der Waals surface area (Å²) < 4.78 is 72.5. The Bertz CT molecular complexity index is 1840. The lowest BCUT2D eigenvalue weighted by Gasteiger charge is -2.37. The summed E-state index contributed by atoms with van der Waals surface area (Å²) in [5, 5.41) is 5.62. The number of sulfonamides is 1. The molecule has 2 aliphatic heterocycles. The molecule has 3 fully saturated rings. The second kappa shape index (κ2) is 13.7. The largest absolute Gasteiger partial charge is 0.511 e. The molecule has 3 aromatic rings. The predicted molar refractivity (Wildman–Crippen MR) is 172 cm³/mol. The summed E-state index contributed by atoms with van der Waals surface area (Å²) in [5.41, 5.74) is -4.74. The van der Waals surface area contributed by atoms with Gasteiger partial charge >= 0.3 is 15.5 Å². The fourth-order valence-corrected chi connectivity index (χ4v) is 8.68. The number of nitrogens with zero attached hydrogens (tertiary/aromatic N) is 2. The first-order valence-corrected chi connectivity index (χ1v) is 18.1. The number of ketones is 1. The highest BCUT2D eigenvalue weighted by atomic mass is 32.2. The number of methoxy groups -OCH3 is 1. The van der Waals surface area contributed by atoms with E-state index < -0.39 is 69.6 Å². The third kappa shape index (κ3) is 7.14. The average molecular weight is 722 g/mol. The van der Waals surface area contributed by atoms with Crippen molar-refractivity contribution in [2.45, 2.75) is 68.2 Å². The standard InChI is InChI=1S/C32H34F3N5O7S2/c1-47-21-10-6-17(7-11-21)14-24(39-49(45,46)32(33,34)35)31(44)40-20-9-8-18(15-20)26(40)29(43)37-23(16-19-12-13-36-28(19)42)27(41)30-38-22-4-2-3-5-25(22)48-30/h2-7,10-11,18-20,23-24,26,39H,8-9,12-16H2,1H3,(H,36,42)(H,37,43)/t18-,19-,20+,23-,24-,26-/m0/s1. The van der Waals surface area contributed by atoms with E-state index in [9.17, 15) is 40.8 Å². The van der Waals surface area contributed by atoms with Crippen molar-refractivity contribution in [3.63, 3.8) is 0 Å². The number of nitrogens with one attached hydrogen (secondary N) is 3. The van der Waals surface area contributed by atoms with Crippen LogP contribution in [0.1, 0.15) is 47.5 Å². The number of alkyl halides is 3. The summed E-state index contributed by atoms with van der Waals surface area (Å²) in [5.74, 6) is -2.95. The molecular formula is C32H34F3N5O7S2. The molecule has 2 aromatic carbocycles. The van der Waals surface area contributed by atoms with Crippen LogP contribution in [-0.4, -0.2) is 85.1 Å². The highest BCUT2D eigenvalue weighted by molar-refractivity contribution is 7.90. The van der Waals surface area contributed by atoms with Crippen molar-refractivity contribution < 1.29 is 45.5 Å². The van der Waals surface area contributed by atoms with Crippen LogP contribution < -0.4 is 20.1 Å². The fourth-order valence-electron chi connectivity index (χ4n) is 7.02. The van der Waals surface area contributed by atoms with Crippen LogP contribution in [0.5, 0.6) is 5.75 Å². The Morgan fingerprint density at radius 2 is 1.82 bits per heavy atom. The first-order chi connectivity index (χ1) is 23.3. The molecule has 3 amide bonds. The number of amides is 3. The van der Waals surface area contributed by atoms with E-state index in [1.807, 2.05) is 0 Å². The summed E-state index contributed by atoms with van der Waals surface area (Å²) >= 11 is 1.14. The number of Topliss-reactive ketones (excluding diaryl/α,β-unsaturated/α-hetero) is 1. The summed E-state index contributed by atoms with van der Waals surface area (Å²) in [7, 11) is -4.53. The number of piperidine rings is 1. The van der Waals surface area contributed by atoms with E-state index in [0.717, 1.165) is 16.0 Å². The van der Waals surface area contributed by atoms with E-state index >= 15 is 0 Å². The molecule has 262 valence electrons. The van der Waals surface area contributed by atoms with Gasteiger partial charge in [0.05, 0.1) is 23.4 Å². The molecule has 12 nitrogen and oxygen atoms in total. The maximum Gasteiger partial charge on any atom is 0.511 e. The van der Waals surface area contributed by atoms with Gasteiger partial charge < -0.3 is 20.3 Å². The van der Waals surface area contributed by atoms with Crippen molar-refractivity contribution in [3.8, 4) is 5.75 Å². The van der Waals surface area contributed by atoms with Crippen LogP contribution in [0, 0.1) is 11.8 Å². The van der Waals surface area contributed by atoms with Crippen molar-refractivity contribution in [1.29, 1.82) is 0 Å². The quantitative estimate of drug-likeness (QED) is 0.241. The number of hydrogen-bond acceptors (Lipinski definition) is 9. The zero-order valence-corrected chi connectivity index (χ0v) is 27.9. The highest BCUT2D eigenvalue weighted by Crippen LogP contribution is 2.43. The van der Waals surface area contributed by atoms with Gasteiger partial charge in [0, 0.05) is 18.5 Å². The minimum atomic E-state index is -5.96. The van der Waals surface area contributed by atoms with Gasteiger partial charge in [-0.15, -0.1) is 11.3 Å². The predicted octanol–water partition coefficient (Wildman–Crippen LogP) is 2.93.